The Morgan fingerprint density at radius 3 is 3.00 bits per heavy atom. The van der Waals surface area contributed by atoms with Crippen molar-refractivity contribution in [1.82, 2.24) is 4.31 Å². The lowest BCUT2D eigenvalue weighted by molar-refractivity contribution is 0.395. The van der Waals surface area contributed by atoms with E-state index in [-0.39, 0.29) is 0 Å². The molecule has 1 aromatic heterocycles. The second kappa shape index (κ2) is 3.06. The van der Waals surface area contributed by atoms with Crippen molar-refractivity contribution in [2.45, 2.75) is 13.0 Å². The van der Waals surface area contributed by atoms with E-state index in [1.807, 2.05) is 11.4 Å². The van der Waals surface area contributed by atoms with Crippen LogP contribution in [0.5, 0.6) is 0 Å². The Bertz CT molecular complexity index is 410. The van der Waals surface area contributed by atoms with Gasteiger partial charge in [-0.2, -0.15) is 12.7 Å². The molecule has 6 heteroatoms. The highest BCUT2D eigenvalue weighted by molar-refractivity contribution is 7.86. The molecule has 13 heavy (non-hydrogen) atoms. The summed E-state index contributed by atoms with van der Waals surface area (Å²) in [5.41, 5.74) is 1.09. The third-order valence-electron chi connectivity index (χ3n) is 2.13. The van der Waals surface area contributed by atoms with Crippen LogP contribution in [-0.4, -0.2) is 19.3 Å². The molecule has 0 amide bonds. The van der Waals surface area contributed by atoms with Gasteiger partial charge in [-0.15, -0.1) is 11.3 Å². The van der Waals surface area contributed by atoms with Gasteiger partial charge in [0.15, 0.2) is 0 Å². The number of hydrogen-bond donors (Lipinski definition) is 1. The van der Waals surface area contributed by atoms with E-state index < -0.39 is 10.2 Å². The molecule has 1 aliphatic heterocycles. The molecule has 0 bridgehead atoms. The standard InChI is InChI=1S/C7H10N2O2S2/c8-13(10,11)9-3-1-7-6(5-9)2-4-12-7/h2,4H,1,3,5H2,(H2,8,10,11). The monoisotopic (exact) mass is 218 g/mol. The minimum atomic E-state index is -3.51. The molecular formula is C7H10N2O2S2. The largest absolute Gasteiger partial charge is 0.277 e. The maximum absolute atomic E-state index is 11.0. The molecule has 2 rings (SSSR count). The molecule has 0 aromatic carbocycles. The van der Waals surface area contributed by atoms with Crippen LogP contribution in [0.2, 0.25) is 0 Å². The molecule has 0 atom stereocenters. The third-order valence-corrected chi connectivity index (χ3v) is 4.19. The Balaban J connectivity index is 2.27. The molecule has 1 aliphatic rings. The fraction of sp³-hybridized carbons (Fsp3) is 0.429. The number of hydrogen-bond acceptors (Lipinski definition) is 3. The molecule has 0 radical (unpaired) electrons. The maximum Gasteiger partial charge on any atom is 0.277 e. The summed E-state index contributed by atoms with van der Waals surface area (Å²) in [6, 6.07) is 1.96. The van der Waals surface area contributed by atoms with Crippen LogP contribution in [0.25, 0.3) is 0 Å². The van der Waals surface area contributed by atoms with Crippen molar-refractivity contribution in [2.75, 3.05) is 6.54 Å². The van der Waals surface area contributed by atoms with Crippen molar-refractivity contribution in [3.63, 3.8) is 0 Å². The average Bonchev–Trinajstić information content (AvgIpc) is 2.47. The maximum atomic E-state index is 11.0. The van der Waals surface area contributed by atoms with Gasteiger partial charge in [0.05, 0.1) is 0 Å². The number of thiophene rings is 1. The van der Waals surface area contributed by atoms with Gasteiger partial charge in [-0.1, -0.05) is 0 Å². The van der Waals surface area contributed by atoms with E-state index in [2.05, 4.69) is 0 Å². The van der Waals surface area contributed by atoms with Crippen molar-refractivity contribution in [3.05, 3.63) is 21.9 Å². The summed E-state index contributed by atoms with van der Waals surface area (Å²) < 4.78 is 23.4. The first-order chi connectivity index (χ1) is 6.07. The SMILES string of the molecule is NS(=O)(=O)N1CCc2sccc2C1. The summed E-state index contributed by atoms with van der Waals surface area (Å²) in [6.45, 7) is 0.935. The van der Waals surface area contributed by atoms with E-state index in [1.165, 1.54) is 9.18 Å². The van der Waals surface area contributed by atoms with Gasteiger partial charge in [0.1, 0.15) is 0 Å². The van der Waals surface area contributed by atoms with Crippen molar-refractivity contribution in [3.8, 4) is 0 Å². The van der Waals surface area contributed by atoms with Gasteiger partial charge < -0.3 is 0 Å². The second-order valence-corrected chi connectivity index (χ2v) is 5.54. The van der Waals surface area contributed by atoms with Gasteiger partial charge in [0.25, 0.3) is 10.2 Å². The van der Waals surface area contributed by atoms with E-state index in [9.17, 15) is 8.42 Å². The quantitative estimate of drug-likeness (QED) is 0.737. The van der Waals surface area contributed by atoms with E-state index in [4.69, 9.17) is 5.14 Å². The minimum Gasteiger partial charge on any atom is -0.216 e. The number of nitrogens with two attached hydrogens (primary N) is 1. The predicted octanol–water partition coefficient (Wildman–Crippen LogP) is 0.310. The zero-order valence-electron chi connectivity index (χ0n) is 6.93. The molecule has 72 valence electrons. The van der Waals surface area contributed by atoms with E-state index in [0.717, 1.165) is 12.0 Å². The van der Waals surface area contributed by atoms with Crippen molar-refractivity contribution < 1.29 is 8.42 Å². The zero-order chi connectivity index (χ0) is 9.47. The van der Waals surface area contributed by atoms with Crippen LogP contribution in [0, 0.1) is 0 Å². The van der Waals surface area contributed by atoms with Gasteiger partial charge in [0, 0.05) is 18.0 Å². The molecule has 0 saturated carbocycles. The van der Waals surface area contributed by atoms with Crippen LogP contribution >= 0.6 is 11.3 Å². The van der Waals surface area contributed by atoms with Crippen molar-refractivity contribution in [1.29, 1.82) is 0 Å². The lowest BCUT2D eigenvalue weighted by Crippen LogP contribution is -2.39. The summed E-state index contributed by atoms with van der Waals surface area (Å²) in [6.07, 6.45) is 0.781. The van der Waals surface area contributed by atoms with E-state index >= 15 is 0 Å². The Labute approximate surface area is 81.2 Å². The highest BCUT2D eigenvalue weighted by Crippen LogP contribution is 2.24. The van der Waals surface area contributed by atoms with E-state index in [0.29, 0.717) is 13.1 Å². The fourth-order valence-electron chi connectivity index (χ4n) is 1.44. The molecule has 0 spiro atoms. The molecule has 4 nitrogen and oxygen atoms in total. The first-order valence-corrected chi connectivity index (χ1v) is 6.29. The smallest absolute Gasteiger partial charge is 0.216 e. The fourth-order valence-corrected chi connectivity index (χ4v) is 2.99. The Kier molecular flexibility index (Phi) is 2.15. The van der Waals surface area contributed by atoms with Gasteiger partial charge in [-0.3, -0.25) is 0 Å². The molecule has 0 aliphatic carbocycles. The van der Waals surface area contributed by atoms with Crippen LogP contribution in [-0.2, 0) is 23.2 Å². The first kappa shape index (κ1) is 9.14. The summed E-state index contributed by atoms with van der Waals surface area (Å²) >= 11 is 1.68. The highest BCUT2D eigenvalue weighted by atomic mass is 32.2. The van der Waals surface area contributed by atoms with Crippen LogP contribution in [0.3, 0.4) is 0 Å². The average molecular weight is 218 g/mol. The van der Waals surface area contributed by atoms with Gasteiger partial charge in [0.2, 0.25) is 0 Å². The number of rotatable bonds is 1. The lowest BCUT2D eigenvalue weighted by atomic mass is 10.1. The molecule has 2 heterocycles. The summed E-state index contributed by atoms with van der Waals surface area (Å²) in [5, 5.41) is 7.02. The topological polar surface area (TPSA) is 63.4 Å². The van der Waals surface area contributed by atoms with Gasteiger partial charge >= 0.3 is 0 Å². The van der Waals surface area contributed by atoms with E-state index in [1.54, 1.807) is 11.3 Å². The normalized spacial score (nSPS) is 18.5. The van der Waals surface area contributed by atoms with Gasteiger partial charge in [-0.25, -0.2) is 5.14 Å². The third kappa shape index (κ3) is 1.76. The first-order valence-electron chi connectivity index (χ1n) is 3.90. The van der Waals surface area contributed by atoms with Crippen LogP contribution in [0.4, 0.5) is 0 Å². The molecule has 2 N–H and O–H groups in total. The molecule has 1 aromatic rings. The second-order valence-electron chi connectivity index (χ2n) is 3.00. The number of fused-ring (bicyclic) bond motifs is 1. The molecular weight excluding hydrogens is 208 g/mol. The zero-order valence-corrected chi connectivity index (χ0v) is 8.57. The Morgan fingerprint density at radius 2 is 2.31 bits per heavy atom. The molecule has 0 saturated heterocycles. The Morgan fingerprint density at radius 1 is 1.54 bits per heavy atom. The van der Waals surface area contributed by atoms with Crippen molar-refractivity contribution in [2.24, 2.45) is 5.14 Å². The predicted molar refractivity (Wildman–Crippen MR) is 51.5 cm³/mol. The van der Waals surface area contributed by atoms with Crippen LogP contribution in [0.1, 0.15) is 10.4 Å². The number of nitrogens with zero attached hydrogens (tertiary/aromatic N) is 1. The Hall–Kier alpha value is -0.430. The summed E-state index contributed by atoms with van der Waals surface area (Å²) in [5.74, 6) is 0. The van der Waals surface area contributed by atoms with Crippen LogP contribution in [0.15, 0.2) is 11.4 Å². The van der Waals surface area contributed by atoms with Gasteiger partial charge in [-0.05, 0) is 23.4 Å². The minimum absolute atomic E-state index is 0.428. The van der Waals surface area contributed by atoms with Crippen LogP contribution < -0.4 is 5.14 Å². The highest BCUT2D eigenvalue weighted by Gasteiger charge is 2.23. The summed E-state index contributed by atoms with van der Waals surface area (Å²) in [7, 11) is -3.51. The molecule has 0 fully saturated rings. The molecule has 0 unspecified atom stereocenters. The summed E-state index contributed by atoms with van der Waals surface area (Å²) in [4.78, 5) is 1.28. The lowest BCUT2D eigenvalue weighted by Gasteiger charge is -2.23. The van der Waals surface area contributed by atoms with Crippen molar-refractivity contribution >= 4 is 21.5 Å².